The van der Waals surface area contributed by atoms with Crippen LogP contribution in [0.5, 0.6) is 0 Å². The molecule has 0 N–H and O–H groups in total. The van der Waals surface area contributed by atoms with Crippen molar-refractivity contribution in [2.75, 3.05) is 0 Å². The maximum atomic E-state index is 8.94. The third kappa shape index (κ3) is 1.84. The lowest BCUT2D eigenvalue weighted by Crippen LogP contribution is -1.90. The summed E-state index contributed by atoms with van der Waals surface area (Å²) in [6, 6.07) is 9.51. The van der Waals surface area contributed by atoms with Gasteiger partial charge in [0.05, 0.1) is 29.2 Å². The fourth-order valence-corrected chi connectivity index (χ4v) is 1.34. The summed E-state index contributed by atoms with van der Waals surface area (Å²) in [6.07, 6.45) is 3.38. The van der Waals surface area contributed by atoms with Crippen molar-refractivity contribution < 1.29 is 0 Å². The number of aromatic nitrogens is 2. The van der Waals surface area contributed by atoms with Crippen LogP contribution in [0.3, 0.4) is 0 Å². The van der Waals surface area contributed by atoms with Crippen LogP contribution in [0.1, 0.15) is 11.3 Å². The van der Waals surface area contributed by atoms with Crippen LogP contribution in [0.2, 0.25) is 0 Å². The highest BCUT2D eigenvalue weighted by Gasteiger charge is 2.04. The average Bonchev–Trinajstić information content (AvgIpc) is 2.30. The summed E-state index contributed by atoms with van der Waals surface area (Å²) in [7, 11) is 0. The van der Waals surface area contributed by atoms with Gasteiger partial charge in [0, 0.05) is 11.8 Å². The van der Waals surface area contributed by atoms with Crippen molar-refractivity contribution in [2.24, 2.45) is 0 Å². The minimum absolute atomic E-state index is 0.621. The van der Waals surface area contributed by atoms with Crippen LogP contribution in [0.4, 0.5) is 0 Å². The zero-order valence-electron chi connectivity index (χ0n) is 8.31. The predicted octanol–water partition coefficient (Wildman–Crippen LogP) is 2.32. The van der Waals surface area contributed by atoms with Crippen LogP contribution >= 0.6 is 0 Å². The highest BCUT2D eigenvalue weighted by molar-refractivity contribution is 5.66. The molecule has 1 heterocycles. The monoisotopic (exact) mass is 195 g/mol. The smallest absolute Gasteiger partial charge is 0.0998 e. The van der Waals surface area contributed by atoms with Gasteiger partial charge in [0.1, 0.15) is 0 Å². The third-order valence-corrected chi connectivity index (χ3v) is 2.10. The SMILES string of the molecule is Cc1cnc(-c2ccccc2C#N)cn1. The van der Waals surface area contributed by atoms with Gasteiger partial charge in [-0.3, -0.25) is 9.97 Å². The zero-order valence-corrected chi connectivity index (χ0v) is 8.31. The second kappa shape index (κ2) is 3.89. The molecule has 0 aliphatic heterocycles. The van der Waals surface area contributed by atoms with Crippen molar-refractivity contribution in [2.45, 2.75) is 6.92 Å². The molecule has 0 saturated heterocycles. The molecule has 0 unspecified atom stereocenters. The van der Waals surface area contributed by atoms with Gasteiger partial charge in [0.2, 0.25) is 0 Å². The first kappa shape index (κ1) is 9.35. The molecule has 3 nitrogen and oxygen atoms in total. The quantitative estimate of drug-likeness (QED) is 0.701. The summed E-state index contributed by atoms with van der Waals surface area (Å²) < 4.78 is 0. The van der Waals surface area contributed by atoms with E-state index in [4.69, 9.17) is 5.26 Å². The van der Waals surface area contributed by atoms with E-state index in [9.17, 15) is 0 Å². The number of nitrogens with zero attached hydrogens (tertiary/aromatic N) is 3. The average molecular weight is 195 g/mol. The van der Waals surface area contributed by atoms with Gasteiger partial charge in [-0.1, -0.05) is 18.2 Å². The first-order valence-corrected chi connectivity index (χ1v) is 4.59. The zero-order chi connectivity index (χ0) is 10.7. The van der Waals surface area contributed by atoms with Crippen molar-refractivity contribution in [1.29, 1.82) is 5.26 Å². The van der Waals surface area contributed by atoms with E-state index in [1.54, 1.807) is 18.5 Å². The Morgan fingerprint density at radius 1 is 1.13 bits per heavy atom. The summed E-state index contributed by atoms with van der Waals surface area (Å²) in [5.74, 6) is 0. The van der Waals surface area contributed by atoms with Crippen molar-refractivity contribution in [1.82, 2.24) is 9.97 Å². The van der Waals surface area contributed by atoms with Gasteiger partial charge in [0.15, 0.2) is 0 Å². The lowest BCUT2D eigenvalue weighted by atomic mass is 10.1. The van der Waals surface area contributed by atoms with E-state index >= 15 is 0 Å². The van der Waals surface area contributed by atoms with E-state index in [2.05, 4.69) is 16.0 Å². The lowest BCUT2D eigenvalue weighted by molar-refractivity contribution is 1.12. The molecule has 0 spiro atoms. The Morgan fingerprint density at radius 3 is 2.60 bits per heavy atom. The molecule has 0 bridgehead atoms. The van der Waals surface area contributed by atoms with E-state index in [0.29, 0.717) is 5.56 Å². The fraction of sp³-hybridized carbons (Fsp3) is 0.0833. The number of hydrogen-bond acceptors (Lipinski definition) is 3. The summed E-state index contributed by atoms with van der Waals surface area (Å²) in [5, 5.41) is 8.94. The number of hydrogen-bond donors (Lipinski definition) is 0. The largest absolute Gasteiger partial charge is 0.258 e. The molecule has 15 heavy (non-hydrogen) atoms. The van der Waals surface area contributed by atoms with Gasteiger partial charge < -0.3 is 0 Å². The van der Waals surface area contributed by atoms with Crippen LogP contribution < -0.4 is 0 Å². The van der Waals surface area contributed by atoms with Crippen molar-refractivity contribution in [3.8, 4) is 17.3 Å². The molecule has 2 aromatic rings. The Hall–Kier alpha value is -2.21. The molecule has 0 fully saturated rings. The van der Waals surface area contributed by atoms with Crippen molar-refractivity contribution in [3.05, 3.63) is 47.9 Å². The maximum Gasteiger partial charge on any atom is 0.0998 e. The molecule has 0 amide bonds. The Kier molecular flexibility index (Phi) is 2.42. The topological polar surface area (TPSA) is 49.6 Å². The van der Waals surface area contributed by atoms with E-state index in [-0.39, 0.29) is 0 Å². The second-order valence-corrected chi connectivity index (χ2v) is 3.20. The molecule has 0 aliphatic rings. The highest BCUT2D eigenvalue weighted by atomic mass is 14.8. The van der Waals surface area contributed by atoms with Gasteiger partial charge in [0.25, 0.3) is 0 Å². The van der Waals surface area contributed by atoms with Gasteiger partial charge in [-0.25, -0.2) is 0 Å². The van der Waals surface area contributed by atoms with Crippen LogP contribution in [-0.4, -0.2) is 9.97 Å². The third-order valence-electron chi connectivity index (χ3n) is 2.10. The number of nitriles is 1. The van der Waals surface area contributed by atoms with E-state index in [1.807, 2.05) is 25.1 Å². The maximum absolute atomic E-state index is 8.94. The summed E-state index contributed by atoms with van der Waals surface area (Å²) >= 11 is 0. The van der Waals surface area contributed by atoms with Crippen LogP contribution in [0.15, 0.2) is 36.7 Å². The number of aryl methyl sites for hydroxylation is 1. The lowest BCUT2D eigenvalue weighted by Gasteiger charge is -2.02. The summed E-state index contributed by atoms with van der Waals surface area (Å²) in [5.41, 5.74) is 3.05. The summed E-state index contributed by atoms with van der Waals surface area (Å²) in [4.78, 5) is 8.40. The van der Waals surface area contributed by atoms with Gasteiger partial charge in [-0.15, -0.1) is 0 Å². The number of rotatable bonds is 1. The molecular weight excluding hydrogens is 186 g/mol. The first-order valence-electron chi connectivity index (χ1n) is 4.59. The van der Waals surface area contributed by atoms with Crippen LogP contribution in [0, 0.1) is 18.3 Å². The normalized spacial score (nSPS) is 9.60. The highest BCUT2D eigenvalue weighted by Crippen LogP contribution is 2.19. The first-order chi connectivity index (χ1) is 7.31. The standard InChI is InChI=1S/C12H9N3/c1-9-7-15-12(8-14-9)11-5-3-2-4-10(11)6-13/h2-5,7-8H,1H3. The summed E-state index contributed by atoms with van der Waals surface area (Å²) in [6.45, 7) is 1.88. The molecule has 0 saturated carbocycles. The molecule has 2 rings (SSSR count). The Labute approximate surface area is 88.1 Å². The fourth-order valence-electron chi connectivity index (χ4n) is 1.34. The number of benzene rings is 1. The van der Waals surface area contributed by atoms with Gasteiger partial charge in [-0.2, -0.15) is 5.26 Å². The van der Waals surface area contributed by atoms with Crippen molar-refractivity contribution in [3.63, 3.8) is 0 Å². The van der Waals surface area contributed by atoms with Crippen LogP contribution in [0.25, 0.3) is 11.3 Å². The molecule has 1 aromatic heterocycles. The van der Waals surface area contributed by atoms with Gasteiger partial charge >= 0.3 is 0 Å². The van der Waals surface area contributed by atoms with Crippen molar-refractivity contribution >= 4 is 0 Å². The van der Waals surface area contributed by atoms with E-state index in [0.717, 1.165) is 17.0 Å². The van der Waals surface area contributed by atoms with Gasteiger partial charge in [-0.05, 0) is 13.0 Å². The molecule has 1 aromatic carbocycles. The Bertz CT molecular complexity index is 509. The minimum Gasteiger partial charge on any atom is -0.258 e. The molecule has 0 radical (unpaired) electrons. The minimum atomic E-state index is 0.621. The van der Waals surface area contributed by atoms with E-state index < -0.39 is 0 Å². The molecule has 0 atom stereocenters. The molecule has 0 aliphatic carbocycles. The van der Waals surface area contributed by atoms with Crippen LogP contribution in [-0.2, 0) is 0 Å². The molecule has 3 heteroatoms. The Balaban J connectivity index is 2.55. The molecular formula is C12H9N3. The predicted molar refractivity (Wildman–Crippen MR) is 56.9 cm³/mol. The second-order valence-electron chi connectivity index (χ2n) is 3.20. The van der Waals surface area contributed by atoms with E-state index in [1.165, 1.54) is 0 Å². The molecule has 72 valence electrons. The Morgan fingerprint density at radius 2 is 1.93 bits per heavy atom.